The fourth-order valence-electron chi connectivity index (χ4n) is 15.6. The number of methoxy groups -OCH3 is 1. The van der Waals surface area contributed by atoms with Gasteiger partial charge in [-0.25, -0.2) is 0 Å². The first-order chi connectivity index (χ1) is 34.3. The van der Waals surface area contributed by atoms with Crippen LogP contribution in [0.25, 0.3) is 11.1 Å². The van der Waals surface area contributed by atoms with Gasteiger partial charge < -0.3 is 51.0 Å². The Bertz CT molecular complexity index is 2450. The van der Waals surface area contributed by atoms with Gasteiger partial charge in [0.1, 0.15) is 29.5 Å². The lowest BCUT2D eigenvalue weighted by Crippen LogP contribution is -2.46. The number of hydrogen-bond acceptors (Lipinski definition) is 11. The Morgan fingerprint density at radius 2 is 1.72 bits per heavy atom. The Labute approximate surface area is 423 Å². The lowest BCUT2D eigenvalue weighted by molar-refractivity contribution is -0.0176. The maximum atomic E-state index is 12.4. The number of nitrogens with zero attached hydrogens (tertiary/aromatic N) is 1. The van der Waals surface area contributed by atoms with Crippen LogP contribution in [0.4, 0.5) is 0 Å². The van der Waals surface area contributed by atoms with Crippen LogP contribution in [0.5, 0.6) is 28.7 Å². The summed E-state index contributed by atoms with van der Waals surface area (Å²) in [7, 11) is 3.78. The molecule has 0 amide bonds. The molecule has 71 heavy (non-hydrogen) atoms. The summed E-state index contributed by atoms with van der Waals surface area (Å²) < 4.78 is 20.5. The zero-order valence-corrected chi connectivity index (χ0v) is 43.4. The standard InChI is InChI=1S/C60H84N4O7/c1-6-37-23-39-12-11-38(37)24-43(65)32-59(17-7-8-18-59)34-64-58(61)63-21-16-47-51(10-9-19-60(47)20-15-36(31-60)33-62-4)70-53-28-40(13-14-48(53)66)57-50(68)29-46-52(71-57)30-54(69-5)56-45-26-42(22-35(2)3)49(67)27-41(45)25-44(39)55(46)56/h11-14,26-28,30,35-39,43-44,47,50-51,57,62,65-68H,6-10,15-25,29,31-34H2,1-5H3,(H3,61,63,64). The quantitative estimate of drug-likeness (QED) is 0.118. The summed E-state index contributed by atoms with van der Waals surface area (Å²) in [6, 6.07) is 11.7. The first kappa shape index (κ1) is 50.1. The molecule has 386 valence electrons. The van der Waals surface area contributed by atoms with Crippen LogP contribution in [-0.4, -0.2) is 78.5 Å². The highest BCUT2D eigenvalue weighted by atomic mass is 16.5. The van der Waals surface area contributed by atoms with Crippen molar-refractivity contribution >= 4 is 5.96 Å². The summed E-state index contributed by atoms with van der Waals surface area (Å²) in [5.74, 6) is 4.79. The largest absolute Gasteiger partial charge is 0.508 e. The third-order valence-corrected chi connectivity index (χ3v) is 18.9. The molecule has 3 fully saturated rings. The first-order valence-corrected chi connectivity index (χ1v) is 27.8. The van der Waals surface area contributed by atoms with Crippen LogP contribution < -0.4 is 30.6 Å². The zero-order valence-electron chi connectivity index (χ0n) is 43.4. The normalized spacial score (nSPS) is 32.5. The number of guanidine groups is 1. The van der Waals surface area contributed by atoms with Gasteiger partial charge in [-0.05, 0) is 202 Å². The van der Waals surface area contributed by atoms with Gasteiger partial charge in [0.2, 0.25) is 0 Å². The van der Waals surface area contributed by atoms with E-state index >= 15 is 0 Å². The van der Waals surface area contributed by atoms with E-state index in [1.807, 2.05) is 24.3 Å². The topological polar surface area (TPSA) is 171 Å². The second kappa shape index (κ2) is 20.8. The van der Waals surface area contributed by atoms with Gasteiger partial charge >= 0.3 is 0 Å². The van der Waals surface area contributed by atoms with E-state index in [-0.39, 0.29) is 46.4 Å². The van der Waals surface area contributed by atoms with E-state index in [9.17, 15) is 20.4 Å². The van der Waals surface area contributed by atoms with E-state index in [1.165, 1.54) is 12.0 Å². The Hall–Kier alpha value is -4.45. The van der Waals surface area contributed by atoms with Gasteiger partial charge in [0.25, 0.3) is 0 Å². The average Bonchev–Trinajstić information content (AvgIpc) is 3.99. The second-order valence-electron chi connectivity index (χ2n) is 23.9. The Morgan fingerprint density at radius 1 is 0.901 bits per heavy atom. The molecule has 3 aromatic rings. The molecule has 0 radical (unpaired) electrons. The number of phenols is 2. The summed E-state index contributed by atoms with van der Waals surface area (Å²) in [6.07, 6.45) is 19.8. The maximum Gasteiger partial charge on any atom is 0.188 e. The number of allylic oxidation sites excluding steroid dienone is 2. The van der Waals surface area contributed by atoms with Crippen LogP contribution in [0.3, 0.4) is 0 Å². The predicted octanol–water partition coefficient (Wildman–Crippen LogP) is 10.4. The van der Waals surface area contributed by atoms with Crippen molar-refractivity contribution in [1.82, 2.24) is 10.6 Å². The van der Waals surface area contributed by atoms with E-state index in [4.69, 9.17) is 24.9 Å². The minimum atomic E-state index is -0.875. The highest BCUT2D eigenvalue weighted by Gasteiger charge is 2.50. The van der Waals surface area contributed by atoms with Gasteiger partial charge in [0.15, 0.2) is 17.5 Å². The summed E-state index contributed by atoms with van der Waals surface area (Å²) in [5.41, 5.74) is 13.9. The van der Waals surface area contributed by atoms with Gasteiger partial charge in [-0.3, -0.25) is 4.99 Å². The number of hydrogen-bond donors (Lipinski definition) is 7. The lowest BCUT2D eigenvalue weighted by atomic mass is 9.62. The highest BCUT2D eigenvalue weighted by molar-refractivity contribution is 5.84. The zero-order chi connectivity index (χ0) is 49.6. The van der Waals surface area contributed by atoms with Crippen molar-refractivity contribution in [3.8, 4) is 39.9 Å². The van der Waals surface area contributed by atoms with Crippen LogP contribution in [-0.2, 0) is 19.3 Å². The molecule has 5 aliphatic carbocycles. The lowest BCUT2D eigenvalue weighted by Gasteiger charge is -2.46. The highest BCUT2D eigenvalue weighted by Crippen LogP contribution is 2.58. The van der Waals surface area contributed by atoms with Crippen LogP contribution in [0.2, 0.25) is 0 Å². The van der Waals surface area contributed by atoms with Gasteiger partial charge in [-0.1, -0.05) is 58.3 Å². The van der Waals surface area contributed by atoms with Gasteiger partial charge in [0.05, 0.1) is 19.3 Å². The smallest absolute Gasteiger partial charge is 0.188 e. The van der Waals surface area contributed by atoms with Crippen molar-refractivity contribution in [3.63, 3.8) is 0 Å². The molecule has 13 rings (SSSR count). The van der Waals surface area contributed by atoms with Crippen molar-refractivity contribution in [1.29, 1.82) is 0 Å². The van der Waals surface area contributed by atoms with E-state index in [1.54, 1.807) is 13.2 Å². The number of nitrogens with one attached hydrogen (secondary N) is 2. The summed E-state index contributed by atoms with van der Waals surface area (Å²) in [6.45, 7) is 8.95. The fraction of sp³-hybridized carbons (Fsp3) is 0.650. The molecular formula is C60H84N4O7. The summed E-state index contributed by atoms with van der Waals surface area (Å²) in [4.78, 5) is 5.03. The van der Waals surface area contributed by atoms with Gasteiger partial charge in [-0.15, -0.1) is 0 Å². The minimum absolute atomic E-state index is 0.0336. The molecule has 2 spiro atoms. The fourth-order valence-corrected chi connectivity index (χ4v) is 15.6. The molecule has 10 aliphatic rings. The minimum Gasteiger partial charge on any atom is -0.508 e. The molecule has 8 N–H and O–H groups in total. The number of phenolic OH excluding ortho intramolecular Hbond substituents is 2. The first-order valence-electron chi connectivity index (χ1n) is 27.8. The monoisotopic (exact) mass is 973 g/mol. The predicted molar refractivity (Wildman–Crippen MR) is 281 cm³/mol. The molecule has 0 saturated heterocycles. The Kier molecular flexibility index (Phi) is 14.7. The molecule has 3 saturated carbocycles. The summed E-state index contributed by atoms with van der Waals surface area (Å²) in [5, 5.41) is 54.5. The number of rotatable bonds is 6. The number of benzene rings is 3. The van der Waals surface area contributed by atoms with E-state index in [0.29, 0.717) is 60.5 Å². The van der Waals surface area contributed by atoms with E-state index in [0.717, 1.165) is 148 Å². The van der Waals surface area contributed by atoms with Crippen molar-refractivity contribution in [2.45, 2.75) is 167 Å². The second-order valence-corrected chi connectivity index (χ2v) is 23.9. The molecule has 11 atom stereocenters. The van der Waals surface area contributed by atoms with Crippen LogP contribution in [0, 0.1) is 46.3 Å². The maximum absolute atomic E-state index is 12.4. The average molecular weight is 973 g/mol. The van der Waals surface area contributed by atoms with Crippen LogP contribution >= 0.6 is 0 Å². The van der Waals surface area contributed by atoms with E-state index in [2.05, 4.69) is 56.7 Å². The van der Waals surface area contributed by atoms with Gasteiger partial charge in [-0.2, -0.15) is 0 Å². The third-order valence-electron chi connectivity index (χ3n) is 18.9. The molecule has 3 aromatic carbocycles. The molecule has 5 aliphatic heterocycles. The number of ether oxygens (including phenoxy) is 3. The molecular weight excluding hydrogens is 889 g/mol. The molecule has 5 heterocycles. The van der Waals surface area contributed by atoms with Crippen molar-refractivity contribution in [3.05, 3.63) is 76.4 Å². The third kappa shape index (κ3) is 10.0. The number of aromatic hydroxyl groups is 2. The van der Waals surface area contributed by atoms with E-state index < -0.39 is 18.3 Å². The van der Waals surface area contributed by atoms with Gasteiger partial charge in [0, 0.05) is 42.6 Å². The Morgan fingerprint density at radius 3 is 2.49 bits per heavy atom. The molecule has 11 heteroatoms. The summed E-state index contributed by atoms with van der Waals surface area (Å²) >= 11 is 0. The number of nitrogens with two attached hydrogens (primary N) is 1. The number of aliphatic imine (C=N–C) groups is 1. The van der Waals surface area contributed by atoms with Crippen molar-refractivity contribution in [2.24, 2.45) is 57.1 Å². The number of fused-ring (bicyclic) bond motifs is 2. The SMILES string of the molecule is CCC1CC2C=CC1CC(O)CC1(CCCC1)CN=C(N)NCCC1C(CCCC13CCC(CNC)C3)Oc1cc(ccc1O)C1Oc3cc(OC)c4c(c3CC1O)C2Cc1cc(O)c(CC(C)C)cc1-4. The molecule has 11 nitrogen and oxygen atoms in total. The van der Waals surface area contributed by atoms with Crippen molar-refractivity contribution < 1.29 is 34.6 Å². The molecule has 11 unspecified atom stereocenters. The molecule has 0 aromatic heterocycles. The molecule has 8 bridgehead atoms. The van der Waals surface area contributed by atoms with Crippen LogP contribution in [0.1, 0.15) is 157 Å². The Balaban J connectivity index is 1.07. The number of aliphatic hydroxyl groups excluding tert-OH is 2. The number of aliphatic hydroxyl groups is 2. The van der Waals surface area contributed by atoms with Crippen molar-refractivity contribution in [2.75, 3.05) is 33.8 Å². The van der Waals surface area contributed by atoms with Crippen LogP contribution in [0.15, 0.2) is 53.5 Å².